The van der Waals surface area contributed by atoms with Gasteiger partial charge in [0.15, 0.2) is 6.10 Å². The van der Waals surface area contributed by atoms with Crippen molar-refractivity contribution < 1.29 is 13.9 Å². The smallest absolute Gasteiger partial charge is 0.261 e. The maximum Gasteiger partial charge on any atom is 0.261 e. The highest BCUT2D eigenvalue weighted by atomic mass is 19.1. The van der Waals surface area contributed by atoms with Crippen LogP contribution in [0.25, 0.3) is 0 Å². The monoisotopic (exact) mass is 253 g/mol. The summed E-state index contributed by atoms with van der Waals surface area (Å²) < 4.78 is 18.7. The quantitative estimate of drug-likeness (QED) is 0.899. The Bertz CT molecular complexity index is 438. The number of halogens is 1. The number of carbonyl (C=O) groups is 1. The van der Waals surface area contributed by atoms with Crippen LogP contribution in [0.4, 0.5) is 4.39 Å². The summed E-state index contributed by atoms with van der Waals surface area (Å²) in [5.74, 6) is -0.200. The van der Waals surface area contributed by atoms with Crippen LogP contribution >= 0.6 is 0 Å². The van der Waals surface area contributed by atoms with E-state index in [1.807, 2.05) is 20.8 Å². The highest BCUT2D eigenvalue weighted by Gasteiger charge is 2.20. The predicted molar refractivity (Wildman–Crippen MR) is 69.1 cm³/mol. The fourth-order valence-electron chi connectivity index (χ4n) is 1.38. The highest BCUT2D eigenvalue weighted by molar-refractivity contribution is 5.81. The molecule has 1 aromatic rings. The van der Waals surface area contributed by atoms with Gasteiger partial charge in [-0.2, -0.15) is 0 Å². The van der Waals surface area contributed by atoms with Crippen molar-refractivity contribution >= 4 is 5.91 Å². The Morgan fingerprint density at radius 2 is 2.00 bits per heavy atom. The Hall–Kier alpha value is -1.58. The second-order valence-corrected chi connectivity index (χ2v) is 5.41. The fraction of sp³-hybridized carbons (Fsp3) is 0.500. The lowest BCUT2D eigenvalue weighted by Crippen LogP contribution is -2.46. The summed E-state index contributed by atoms with van der Waals surface area (Å²) in [6.45, 7) is 8.99. The van der Waals surface area contributed by atoms with E-state index in [0.717, 1.165) is 0 Å². The topological polar surface area (TPSA) is 38.3 Å². The maximum absolute atomic E-state index is 13.3. The van der Waals surface area contributed by atoms with Gasteiger partial charge >= 0.3 is 0 Å². The lowest BCUT2D eigenvalue weighted by molar-refractivity contribution is -0.128. The van der Waals surface area contributed by atoms with Gasteiger partial charge in [0.05, 0.1) is 0 Å². The van der Waals surface area contributed by atoms with Crippen molar-refractivity contribution in [1.82, 2.24) is 5.32 Å². The molecule has 0 aromatic heterocycles. The summed E-state index contributed by atoms with van der Waals surface area (Å²) in [5.41, 5.74) is 0.238. The summed E-state index contributed by atoms with van der Waals surface area (Å²) in [4.78, 5) is 11.8. The van der Waals surface area contributed by atoms with Crippen LogP contribution in [-0.4, -0.2) is 17.6 Å². The number of amides is 1. The van der Waals surface area contributed by atoms with Crippen LogP contribution in [0, 0.1) is 12.7 Å². The van der Waals surface area contributed by atoms with E-state index in [0.29, 0.717) is 11.3 Å². The SMILES string of the molecule is Cc1ccc(OC(C)C(=O)NC(C)(C)C)cc1F. The molecule has 0 spiro atoms. The van der Waals surface area contributed by atoms with Gasteiger partial charge in [-0.15, -0.1) is 0 Å². The standard InChI is InChI=1S/C14H20FNO2/c1-9-6-7-11(8-12(9)15)18-10(2)13(17)16-14(3,4)5/h6-8,10H,1-5H3,(H,16,17). The summed E-state index contributed by atoms with van der Waals surface area (Å²) in [6.07, 6.45) is -0.661. The minimum atomic E-state index is -0.661. The van der Waals surface area contributed by atoms with E-state index >= 15 is 0 Å². The van der Waals surface area contributed by atoms with E-state index in [4.69, 9.17) is 4.74 Å². The number of aryl methyl sites for hydroxylation is 1. The summed E-state index contributed by atoms with van der Waals surface area (Å²) in [5, 5.41) is 2.81. The molecule has 0 fully saturated rings. The van der Waals surface area contributed by atoms with Gasteiger partial charge in [-0.05, 0) is 46.2 Å². The van der Waals surface area contributed by atoms with Crippen LogP contribution < -0.4 is 10.1 Å². The van der Waals surface area contributed by atoms with Gasteiger partial charge < -0.3 is 10.1 Å². The number of benzene rings is 1. The minimum Gasteiger partial charge on any atom is -0.481 e. The van der Waals surface area contributed by atoms with Crippen LogP contribution in [0.3, 0.4) is 0 Å². The van der Waals surface area contributed by atoms with E-state index in [1.54, 1.807) is 26.0 Å². The number of hydrogen-bond acceptors (Lipinski definition) is 2. The molecule has 1 N–H and O–H groups in total. The maximum atomic E-state index is 13.3. The molecule has 1 unspecified atom stereocenters. The third kappa shape index (κ3) is 4.35. The Kier molecular flexibility index (Phi) is 4.33. The molecule has 3 nitrogen and oxygen atoms in total. The molecule has 1 amide bonds. The van der Waals surface area contributed by atoms with Gasteiger partial charge in [0.25, 0.3) is 5.91 Å². The molecule has 0 bridgehead atoms. The largest absolute Gasteiger partial charge is 0.481 e. The highest BCUT2D eigenvalue weighted by Crippen LogP contribution is 2.17. The fourth-order valence-corrected chi connectivity index (χ4v) is 1.38. The lowest BCUT2D eigenvalue weighted by atomic mass is 10.1. The van der Waals surface area contributed by atoms with Crippen LogP contribution in [0.2, 0.25) is 0 Å². The first kappa shape index (κ1) is 14.5. The third-order valence-electron chi connectivity index (χ3n) is 2.32. The Balaban J connectivity index is 2.66. The molecule has 0 aliphatic heterocycles. The zero-order valence-electron chi connectivity index (χ0n) is 11.5. The molecule has 0 aliphatic carbocycles. The van der Waals surface area contributed by atoms with Gasteiger partial charge in [0.2, 0.25) is 0 Å². The zero-order chi connectivity index (χ0) is 13.9. The third-order valence-corrected chi connectivity index (χ3v) is 2.32. The zero-order valence-corrected chi connectivity index (χ0v) is 11.5. The number of nitrogens with one attached hydrogen (secondary N) is 1. The molecule has 18 heavy (non-hydrogen) atoms. The van der Waals surface area contributed by atoms with Crippen molar-refractivity contribution in [3.8, 4) is 5.75 Å². The molecular formula is C14H20FNO2. The molecule has 1 rings (SSSR count). The Morgan fingerprint density at radius 1 is 1.39 bits per heavy atom. The molecular weight excluding hydrogens is 233 g/mol. The van der Waals surface area contributed by atoms with Crippen molar-refractivity contribution in [1.29, 1.82) is 0 Å². The van der Waals surface area contributed by atoms with Gasteiger partial charge in [0.1, 0.15) is 11.6 Å². The number of hydrogen-bond donors (Lipinski definition) is 1. The Labute approximate surface area is 107 Å². The van der Waals surface area contributed by atoms with Crippen molar-refractivity contribution in [3.05, 3.63) is 29.6 Å². The molecule has 1 aromatic carbocycles. The first-order valence-electron chi connectivity index (χ1n) is 5.94. The number of carbonyl (C=O) groups excluding carboxylic acids is 1. The van der Waals surface area contributed by atoms with Crippen LogP contribution in [-0.2, 0) is 4.79 Å². The van der Waals surface area contributed by atoms with E-state index in [9.17, 15) is 9.18 Å². The van der Waals surface area contributed by atoms with E-state index in [1.165, 1.54) is 6.07 Å². The average molecular weight is 253 g/mol. The average Bonchev–Trinajstić information content (AvgIpc) is 2.21. The lowest BCUT2D eigenvalue weighted by Gasteiger charge is -2.23. The van der Waals surface area contributed by atoms with E-state index in [-0.39, 0.29) is 17.3 Å². The van der Waals surface area contributed by atoms with Crippen molar-refractivity contribution in [3.63, 3.8) is 0 Å². The normalized spacial score (nSPS) is 13.0. The van der Waals surface area contributed by atoms with Crippen molar-refractivity contribution in [2.75, 3.05) is 0 Å². The van der Waals surface area contributed by atoms with Crippen LogP contribution in [0.15, 0.2) is 18.2 Å². The molecule has 100 valence electrons. The van der Waals surface area contributed by atoms with Gasteiger partial charge in [-0.1, -0.05) is 6.07 Å². The molecule has 4 heteroatoms. The van der Waals surface area contributed by atoms with Gasteiger partial charge in [-0.25, -0.2) is 4.39 Å². The first-order chi connectivity index (χ1) is 8.19. The molecule has 0 aliphatic rings. The molecule has 0 radical (unpaired) electrons. The van der Waals surface area contributed by atoms with Crippen molar-refractivity contribution in [2.45, 2.75) is 46.3 Å². The van der Waals surface area contributed by atoms with Gasteiger partial charge in [0, 0.05) is 11.6 Å². The van der Waals surface area contributed by atoms with Gasteiger partial charge in [-0.3, -0.25) is 4.79 Å². The summed E-state index contributed by atoms with van der Waals surface area (Å²) in [6, 6.07) is 4.56. The van der Waals surface area contributed by atoms with Crippen LogP contribution in [0.1, 0.15) is 33.3 Å². The summed E-state index contributed by atoms with van der Waals surface area (Å²) in [7, 11) is 0. The second-order valence-electron chi connectivity index (χ2n) is 5.41. The molecule has 0 saturated carbocycles. The molecule has 1 atom stereocenters. The molecule has 0 heterocycles. The second kappa shape index (κ2) is 5.38. The Morgan fingerprint density at radius 3 is 2.50 bits per heavy atom. The first-order valence-corrected chi connectivity index (χ1v) is 5.94. The molecule has 0 saturated heterocycles. The van der Waals surface area contributed by atoms with E-state index in [2.05, 4.69) is 5.32 Å². The number of ether oxygens (including phenoxy) is 1. The minimum absolute atomic E-state index is 0.219. The predicted octanol–water partition coefficient (Wildman–Crippen LogP) is 2.82. The van der Waals surface area contributed by atoms with Crippen LogP contribution in [0.5, 0.6) is 5.75 Å². The number of rotatable bonds is 3. The van der Waals surface area contributed by atoms with Crippen molar-refractivity contribution in [2.24, 2.45) is 0 Å². The summed E-state index contributed by atoms with van der Waals surface area (Å²) >= 11 is 0. The van der Waals surface area contributed by atoms with E-state index < -0.39 is 6.10 Å².